The van der Waals surface area contributed by atoms with E-state index in [0.717, 1.165) is 56.9 Å². The predicted molar refractivity (Wildman–Crippen MR) is 157 cm³/mol. The summed E-state index contributed by atoms with van der Waals surface area (Å²) in [5, 5.41) is 0.434. The van der Waals surface area contributed by atoms with Crippen LogP contribution in [0.15, 0.2) is 18.2 Å². The van der Waals surface area contributed by atoms with Gasteiger partial charge in [-0.3, -0.25) is 0 Å². The third-order valence-corrected chi connectivity index (χ3v) is 10.5. The van der Waals surface area contributed by atoms with Crippen molar-refractivity contribution in [3.8, 4) is 0 Å². The summed E-state index contributed by atoms with van der Waals surface area (Å²) in [5.74, 6) is 0.645. The van der Waals surface area contributed by atoms with Gasteiger partial charge in [-0.05, 0) is 0 Å². The van der Waals surface area contributed by atoms with E-state index >= 15 is 0 Å². The molecule has 0 amide bonds. The van der Waals surface area contributed by atoms with E-state index in [1.165, 1.54) is 63.4 Å². The fourth-order valence-electron chi connectivity index (χ4n) is 5.44. The Morgan fingerprint density at radius 3 is 1.77 bits per heavy atom. The second-order valence-corrected chi connectivity index (χ2v) is 14.4. The van der Waals surface area contributed by atoms with Crippen LogP contribution in [0, 0.1) is 11.8 Å². The number of aryl methyl sites for hydroxylation is 1. The quantitative estimate of drug-likeness (QED) is 0.114. The van der Waals surface area contributed by atoms with E-state index < -0.39 is 7.28 Å². The van der Waals surface area contributed by atoms with Gasteiger partial charge in [-0.2, -0.15) is 0 Å². The first-order valence-electron chi connectivity index (χ1n) is 15.1. The second kappa shape index (κ2) is 17.1. The summed E-state index contributed by atoms with van der Waals surface area (Å²) in [5.41, 5.74) is 2.25. The molecule has 2 unspecified atom stereocenters. The number of hydrogen-bond acceptors (Lipinski definition) is 3. The average molecular weight is 511 g/mol. The molecule has 0 spiro atoms. The Kier molecular flexibility index (Phi) is 15.9. The van der Waals surface area contributed by atoms with Crippen molar-refractivity contribution in [2.45, 2.75) is 144 Å². The second-order valence-electron chi connectivity index (χ2n) is 11.2. The molecular formula is C31H59O3P. The normalized spacial score (nSPS) is 15.0. The van der Waals surface area contributed by atoms with Gasteiger partial charge in [0, 0.05) is 0 Å². The van der Waals surface area contributed by atoms with E-state index in [9.17, 15) is 14.7 Å². The van der Waals surface area contributed by atoms with Gasteiger partial charge in [-0.15, -0.1) is 0 Å². The molecule has 0 aliphatic rings. The molecule has 0 aliphatic carbocycles. The Morgan fingerprint density at radius 2 is 1.20 bits per heavy atom. The first kappa shape index (κ1) is 32.6. The van der Waals surface area contributed by atoms with E-state index in [4.69, 9.17) is 0 Å². The molecule has 1 aromatic carbocycles. The molecule has 0 saturated heterocycles. The Morgan fingerprint density at radius 1 is 0.657 bits per heavy atom. The predicted octanol–water partition coefficient (Wildman–Crippen LogP) is 8.86. The van der Waals surface area contributed by atoms with Gasteiger partial charge in [0.1, 0.15) is 0 Å². The molecule has 4 heteroatoms. The van der Waals surface area contributed by atoms with E-state index in [2.05, 4.69) is 40.7 Å². The van der Waals surface area contributed by atoms with Crippen molar-refractivity contribution in [2.24, 2.45) is 11.8 Å². The zero-order valence-electron chi connectivity index (χ0n) is 23.9. The van der Waals surface area contributed by atoms with Crippen LogP contribution in [0.2, 0.25) is 0 Å². The Balaban J connectivity index is 3.09. The molecule has 206 valence electrons. The molecule has 0 bridgehead atoms. The minimum absolute atomic E-state index is 0.0952. The summed E-state index contributed by atoms with van der Waals surface area (Å²) >= 11 is 0. The van der Waals surface area contributed by atoms with Crippen LogP contribution in [0.3, 0.4) is 0 Å². The topological polar surface area (TPSA) is 60.7 Å². The number of unbranched alkanes of at least 4 members (excludes halogenated alkanes) is 8. The molecule has 3 N–H and O–H groups in total. The molecule has 2 atom stereocenters. The van der Waals surface area contributed by atoms with Crippen LogP contribution in [0.5, 0.6) is 0 Å². The third kappa shape index (κ3) is 12.6. The molecule has 0 aromatic heterocycles. The Bertz CT molecular complexity index is 680. The standard InChI is InChI=1S/C31H59O3P/c1-6-11-14-15-16-17-18-21-29-22-23-31(30(25-29)24-27(9-4)19-12-7-2)35(32,33,34)26-28(10-5)20-13-8-3/h22-23,25,27-28,32-34H,6-21,24,26H2,1-5H3. The molecule has 0 heterocycles. The molecule has 1 rings (SSSR count). The van der Waals surface area contributed by atoms with Gasteiger partial charge in [-0.1, -0.05) is 6.92 Å². The molecule has 3 nitrogen and oxygen atoms in total. The first-order chi connectivity index (χ1) is 16.7. The van der Waals surface area contributed by atoms with Crippen LogP contribution < -0.4 is 5.30 Å². The fraction of sp³-hybridized carbons (Fsp3) is 0.806. The summed E-state index contributed by atoms with van der Waals surface area (Å²) < 4.78 is 0. The third-order valence-electron chi connectivity index (χ3n) is 7.90. The summed E-state index contributed by atoms with van der Waals surface area (Å²) in [6.45, 7) is 11.0. The first-order valence-corrected chi connectivity index (χ1v) is 17.3. The molecular weight excluding hydrogens is 451 g/mol. The maximum atomic E-state index is 11.4. The maximum absolute atomic E-state index is 11.4. The molecule has 0 radical (unpaired) electrons. The molecule has 0 saturated carbocycles. The van der Waals surface area contributed by atoms with Gasteiger partial charge < -0.3 is 0 Å². The van der Waals surface area contributed by atoms with Crippen LogP contribution in [0.25, 0.3) is 0 Å². The van der Waals surface area contributed by atoms with E-state index in [1.54, 1.807) is 0 Å². The molecule has 0 aliphatic heterocycles. The van der Waals surface area contributed by atoms with Crippen molar-refractivity contribution in [1.82, 2.24) is 0 Å². The zero-order chi connectivity index (χ0) is 26.2. The van der Waals surface area contributed by atoms with Crippen LogP contribution in [0.4, 0.5) is 0 Å². The minimum atomic E-state index is -4.94. The van der Waals surface area contributed by atoms with Crippen molar-refractivity contribution >= 4 is 12.6 Å². The SMILES string of the molecule is CCCCCCCCCc1ccc(P(O)(O)(O)CC(CC)CCCC)c(CC(CC)CCCC)c1. The van der Waals surface area contributed by atoms with Gasteiger partial charge in [0.25, 0.3) is 0 Å². The van der Waals surface area contributed by atoms with E-state index in [0.29, 0.717) is 11.2 Å². The van der Waals surface area contributed by atoms with E-state index in [1.807, 2.05) is 12.1 Å². The molecule has 0 fully saturated rings. The van der Waals surface area contributed by atoms with Gasteiger partial charge in [0.2, 0.25) is 0 Å². The fourth-order valence-corrected chi connectivity index (χ4v) is 8.15. The van der Waals surface area contributed by atoms with Crippen LogP contribution >= 0.6 is 7.28 Å². The summed E-state index contributed by atoms with van der Waals surface area (Å²) in [7, 11) is -4.94. The Labute approximate surface area is 218 Å². The van der Waals surface area contributed by atoms with Gasteiger partial charge in [0.15, 0.2) is 0 Å². The van der Waals surface area contributed by atoms with Crippen molar-refractivity contribution in [1.29, 1.82) is 0 Å². The van der Waals surface area contributed by atoms with Crippen LogP contribution in [-0.2, 0) is 12.8 Å². The molecule has 1 aromatic rings. The van der Waals surface area contributed by atoms with Crippen molar-refractivity contribution in [3.05, 3.63) is 29.3 Å². The van der Waals surface area contributed by atoms with Crippen molar-refractivity contribution in [3.63, 3.8) is 0 Å². The molecule has 35 heavy (non-hydrogen) atoms. The number of hydrogen-bond donors (Lipinski definition) is 3. The number of benzene rings is 1. The van der Waals surface area contributed by atoms with E-state index in [-0.39, 0.29) is 12.1 Å². The summed E-state index contributed by atoms with van der Waals surface area (Å²) in [4.78, 5) is 34.3. The van der Waals surface area contributed by atoms with Crippen molar-refractivity contribution < 1.29 is 14.7 Å². The van der Waals surface area contributed by atoms with Gasteiger partial charge >= 0.3 is 211 Å². The van der Waals surface area contributed by atoms with Gasteiger partial charge in [-0.25, -0.2) is 0 Å². The zero-order valence-corrected chi connectivity index (χ0v) is 24.8. The van der Waals surface area contributed by atoms with Crippen LogP contribution in [-0.4, -0.2) is 20.8 Å². The monoisotopic (exact) mass is 510 g/mol. The number of rotatable bonds is 21. The van der Waals surface area contributed by atoms with Crippen molar-refractivity contribution in [2.75, 3.05) is 6.16 Å². The van der Waals surface area contributed by atoms with Gasteiger partial charge in [0.05, 0.1) is 0 Å². The van der Waals surface area contributed by atoms with Crippen LogP contribution in [0.1, 0.15) is 142 Å². The summed E-state index contributed by atoms with van der Waals surface area (Å²) in [6, 6.07) is 6.10. The average Bonchev–Trinajstić information content (AvgIpc) is 2.83. The Hall–Kier alpha value is -0.470. The summed E-state index contributed by atoms with van der Waals surface area (Å²) in [6.07, 6.45) is 19.5.